The highest BCUT2D eigenvalue weighted by molar-refractivity contribution is 7.15. The lowest BCUT2D eigenvalue weighted by Gasteiger charge is -2.09. The van der Waals surface area contributed by atoms with Crippen LogP contribution in [-0.2, 0) is 12.8 Å². The molecule has 0 fully saturated rings. The number of amidine groups is 1. The molecule has 4 nitrogen and oxygen atoms in total. The third-order valence-electron chi connectivity index (χ3n) is 5.13. The molecule has 4 N–H and O–H groups in total. The Bertz CT molecular complexity index is 762. The van der Waals surface area contributed by atoms with E-state index in [1.165, 1.54) is 78.7 Å². The Labute approximate surface area is 180 Å². The topological polar surface area (TPSA) is 77.3 Å². The molecule has 0 spiro atoms. The van der Waals surface area contributed by atoms with E-state index in [-0.39, 0.29) is 0 Å². The number of aromatic nitrogens is 1. The molecule has 0 radical (unpaired) electrons. The van der Waals surface area contributed by atoms with Crippen molar-refractivity contribution in [1.29, 1.82) is 0 Å². The van der Waals surface area contributed by atoms with Crippen LogP contribution in [0.5, 0.6) is 0 Å². The van der Waals surface area contributed by atoms with Crippen molar-refractivity contribution in [3.8, 4) is 10.4 Å². The van der Waals surface area contributed by atoms with Crippen molar-refractivity contribution in [2.45, 2.75) is 91.1 Å². The van der Waals surface area contributed by atoms with E-state index in [0.29, 0.717) is 5.84 Å². The van der Waals surface area contributed by atoms with Gasteiger partial charge in [0.05, 0.1) is 11.5 Å². The molecule has 2 aromatic rings. The molecule has 0 aliphatic rings. The molecule has 0 aliphatic heterocycles. The molecule has 0 amide bonds. The van der Waals surface area contributed by atoms with E-state index in [9.17, 15) is 0 Å². The van der Waals surface area contributed by atoms with Gasteiger partial charge in [0.1, 0.15) is 6.17 Å². The standard InChI is InChI=1S/C24H38N4S/c1-4-6-8-10-12-19-16-21(13-11-9-7-5-2)29-23(19)20-14-15-27-22(17-20)24(26)28-18(3)25/h14-17,24H,4-13,26H2,1-3H3,(H2,25,28). The summed E-state index contributed by atoms with van der Waals surface area (Å²) in [6.07, 6.45) is 14.0. The summed E-state index contributed by atoms with van der Waals surface area (Å²) in [6, 6.07) is 6.62. The summed E-state index contributed by atoms with van der Waals surface area (Å²) in [5.41, 5.74) is 15.3. The predicted octanol–water partition coefficient (Wildman–Crippen LogP) is 6.39. The molecular formula is C24H38N4S. The van der Waals surface area contributed by atoms with Crippen molar-refractivity contribution in [3.05, 3.63) is 40.5 Å². The summed E-state index contributed by atoms with van der Waals surface area (Å²) in [5.74, 6) is 0.479. The predicted molar refractivity (Wildman–Crippen MR) is 127 cm³/mol. The fraction of sp³-hybridized carbons (Fsp3) is 0.583. The molecule has 2 rings (SSSR count). The van der Waals surface area contributed by atoms with Gasteiger partial charge in [0.15, 0.2) is 0 Å². The van der Waals surface area contributed by atoms with Crippen LogP contribution < -0.4 is 11.5 Å². The van der Waals surface area contributed by atoms with E-state index in [2.05, 4.69) is 42.0 Å². The minimum atomic E-state index is -0.513. The van der Waals surface area contributed by atoms with Crippen LogP contribution in [0.15, 0.2) is 29.4 Å². The molecule has 0 aromatic carbocycles. The van der Waals surface area contributed by atoms with Gasteiger partial charge in [-0.3, -0.25) is 4.98 Å². The summed E-state index contributed by atoms with van der Waals surface area (Å²) < 4.78 is 0. The van der Waals surface area contributed by atoms with Crippen LogP contribution in [0.4, 0.5) is 0 Å². The Morgan fingerprint density at radius 1 is 1.03 bits per heavy atom. The van der Waals surface area contributed by atoms with E-state index >= 15 is 0 Å². The maximum Gasteiger partial charge on any atom is 0.142 e. The van der Waals surface area contributed by atoms with Crippen LogP contribution in [-0.4, -0.2) is 10.8 Å². The second-order valence-electron chi connectivity index (χ2n) is 7.87. The summed E-state index contributed by atoms with van der Waals surface area (Å²) in [6.45, 7) is 6.28. The lowest BCUT2D eigenvalue weighted by Crippen LogP contribution is -2.15. The number of thiophene rings is 1. The van der Waals surface area contributed by atoms with Crippen molar-refractivity contribution in [2.75, 3.05) is 0 Å². The van der Waals surface area contributed by atoms with Gasteiger partial charge in [-0.05, 0) is 61.9 Å². The Kier molecular flexibility index (Phi) is 10.4. The summed E-state index contributed by atoms with van der Waals surface area (Å²) in [4.78, 5) is 11.6. The van der Waals surface area contributed by atoms with Gasteiger partial charge in [0.2, 0.25) is 0 Å². The summed E-state index contributed by atoms with van der Waals surface area (Å²) >= 11 is 1.94. The molecule has 0 aliphatic carbocycles. The second kappa shape index (κ2) is 12.8. The zero-order valence-electron chi connectivity index (χ0n) is 18.4. The minimum absolute atomic E-state index is 0.479. The highest BCUT2D eigenvalue weighted by Crippen LogP contribution is 2.35. The van der Waals surface area contributed by atoms with Crippen LogP contribution in [0.2, 0.25) is 0 Å². The van der Waals surface area contributed by atoms with Gasteiger partial charge in [-0.15, -0.1) is 11.3 Å². The Hall–Kier alpha value is -1.72. The van der Waals surface area contributed by atoms with Crippen molar-refractivity contribution in [2.24, 2.45) is 16.5 Å². The SMILES string of the molecule is CCCCCCc1cc(CCCCCC)c(-c2ccnc(C(N)/N=C(/C)N)c2)s1. The molecule has 5 heteroatoms. The molecule has 0 bridgehead atoms. The smallest absolute Gasteiger partial charge is 0.142 e. The number of nitrogens with zero attached hydrogens (tertiary/aromatic N) is 2. The Balaban J connectivity index is 2.23. The molecule has 1 unspecified atom stereocenters. The molecule has 160 valence electrons. The number of nitrogens with two attached hydrogens (primary N) is 2. The third kappa shape index (κ3) is 7.90. The first-order valence-electron chi connectivity index (χ1n) is 11.2. The molecular weight excluding hydrogens is 376 g/mol. The first-order chi connectivity index (χ1) is 14.0. The lowest BCUT2D eigenvalue weighted by molar-refractivity contribution is 0.665. The van der Waals surface area contributed by atoms with Crippen LogP contribution >= 0.6 is 11.3 Å². The number of pyridine rings is 1. The van der Waals surface area contributed by atoms with Crippen molar-refractivity contribution < 1.29 is 0 Å². The second-order valence-corrected chi connectivity index (χ2v) is 9.01. The van der Waals surface area contributed by atoms with Gasteiger partial charge < -0.3 is 11.5 Å². The van der Waals surface area contributed by atoms with Gasteiger partial charge >= 0.3 is 0 Å². The molecule has 2 aromatic heterocycles. The number of unbranched alkanes of at least 4 members (excludes halogenated alkanes) is 6. The maximum atomic E-state index is 6.17. The largest absolute Gasteiger partial charge is 0.388 e. The van der Waals surface area contributed by atoms with E-state index in [1.54, 1.807) is 6.92 Å². The fourth-order valence-corrected chi connectivity index (χ4v) is 4.79. The molecule has 29 heavy (non-hydrogen) atoms. The average Bonchev–Trinajstić information content (AvgIpc) is 3.11. The van der Waals surface area contributed by atoms with Gasteiger partial charge in [-0.1, -0.05) is 52.4 Å². The molecule has 0 saturated heterocycles. The number of hydrogen-bond donors (Lipinski definition) is 2. The van der Waals surface area contributed by atoms with Gasteiger partial charge in [0, 0.05) is 16.0 Å². The van der Waals surface area contributed by atoms with Crippen molar-refractivity contribution in [1.82, 2.24) is 4.98 Å². The molecule has 0 saturated carbocycles. The van der Waals surface area contributed by atoms with Crippen molar-refractivity contribution >= 4 is 17.2 Å². The van der Waals surface area contributed by atoms with Crippen LogP contribution in [0.3, 0.4) is 0 Å². The zero-order valence-corrected chi connectivity index (χ0v) is 19.2. The maximum absolute atomic E-state index is 6.17. The zero-order chi connectivity index (χ0) is 21.1. The number of rotatable bonds is 13. The van der Waals surface area contributed by atoms with E-state index in [1.807, 2.05) is 17.5 Å². The van der Waals surface area contributed by atoms with Gasteiger partial charge in [-0.25, -0.2) is 4.99 Å². The van der Waals surface area contributed by atoms with Crippen LogP contribution in [0, 0.1) is 0 Å². The van der Waals surface area contributed by atoms with E-state index in [4.69, 9.17) is 11.5 Å². The monoisotopic (exact) mass is 414 g/mol. The first-order valence-corrected chi connectivity index (χ1v) is 12.0. The first kappa shape index (κ1) is 23.6. The molecule has 2 heterocycles. The number of aryl methyl sites for hydroxylation is 2. The van der Waals surface area contributed by atoms with Gasteiger partial charge in [0.25, 0.3) is 0 Å². The normalized spacial score (nSPS) is 13.0. The summed E-state index contributed by atoms with van der Waals surface area (Å²) in [5, 5.41) is 0. The quantitative estimate of drug-likeness (QED) is 0.226. The fourth-order valence-electron chi connectivity index (χ4n) is 3.54. The lowest BCUT2D eigenvalue weighted by atomic mass is 10.0. The number of hydrogen-bond acceptors (Lipinski definition) is 4. The number of aliphatic imine (C=N–C) groups is 1. The van der Waals surface area contributed by atoms with Gasteiger partial charge in [-0.2, -0.15) is 0 Å². The average molecular weight is 415 g/mol. The van der Waals surface area contributed by atoms with E-state index < -0.39 is 6.17 Å². The molecule has 1 atom stereocenters. The summed E-state index contributed by atoms with van der Waals surface area (Å²) in [7, 11) is 0. The van der Waals surface area contributed by atoms with Crippen LogP contribution in [0.25, 0.3) is 10.4 Å². The highest BCUT2D eigenvalue weighted by atomic mass is 32.1. The highest BCUT2D eigenvalue weighted by Gasteiger charge is 2.14. The Morgan fingerprint density at radius 2 is 1.72 bits per heavy atom. The van der Waals surface area contributed by atoms with Crippen LogP contribution in [0.1, 0.15) is 94.4 Å². The van der Waals surface area contributed by atoms with E-state index in [0.717, 1.165) is 12.1 Å². The Morgan fingerprint density at radius 3 is 2.38 bits per heavy atom. The van der Waals surface area contributed by atoms with Crippen molar-refractivity contribution in [3.63, 3.8) is 0 Å². The minimum Gasteiger partial charge on any atom is -0.388 e. The third-order valence-corrected chi connectivity index (χ3v) is 6.41.